The van der Waals surface area contributed by atoms with Crippen LogP contribution < -0.4 is 15.0 Å². The molecule has 3 rings (SSSR count). The standard InChI is InChI=1S/C24H34N4O5/c1-16(11-22(29)30)17-5-6-21(20(12-17)27-18-13-25-23(32-4)26-14-18)28(15-24(2,3)31)19-7-9-33-10-8-19/h5-6,12-14,16,19,27,31H,7-11,15H2,1-4H3,(H,29,30). The molecule has 9 nitrogen and oxygen atoms in total. The molecular formula is C24H34N4O5. The van der Waals surface area contributed by atoms with E-state index in [1.54, 1.807) is 26.2 Å². The van der Waals surface area contributed by atoms with Crippen LogP contribution in [-0.2, 0) is 9.53 Å². The molecule has 1 aromatic carbocycles. The Morgan fingerprint density at radius 1 is 1.30 bits per heavy atom. The summed E-state index contributed by atoms with van der Waals surface area (Å²) in [5, 5.41) is 23.3. The van der Waals surface area contributed by atoms with Crippen molar-refractivity contribution in [1.29, 1.82) is 0 Å². The van der Waals surface area contributed by atoms with Crippen molar-refractivity contribution < 1.29 is 24.5 Å². The minimum Gasteiger partial charge on any atom is -0.481 e. The smallest absolute Gasteiger partial charge is 0.316 e. The Bertz CT molecular complexity index is 923. The van der Waals surface area contributed by atoms with Crippen LogP contribution in [0.15, 0.2) is 30.6 Å². The maximum Gasteiger partial charge on any atom is 0.316 e. The van der Waals surface area contributed by atoms with E-state index in [4.69, 9.17) is 9.47 Å². The van der Waals surface area contributed by atoms with Crippen LogP contribution in [0.1, 0.15) is 51.5 Å². The molecule has 1 atom stereocenters. The summed E-state index contributed by atoms with van der Waals surface area (Å²) in [7, 11) is 1.51. The van der Waals surface area contributed by atoms with Crippen molar-refractivity contribution in [3.63, 3.8) is 0 Å². The number of hydrogen-bond donors (Lipinski definition) is 3. The zero-order valence-corrected chi connectivity index (χ0v) is 19.7. The number of carboxylic acid groups (broad SMARTS) is 1. The van der Waals surface area contributed by atoms with Crippen molar-refractivity contribution >= 4 is 23.0 Å². The number of anilines is 3. The third-order valence-corrected chi connectivity index (χ3v) is 5.66. The maximum absolute atomic E-state index is 11.3. The highest BCUT2D eigenvalue weighted by Crippen LogP contribution is 2.36. The predicted octanol–water partition coefficient (Wildman–Crippen LogP) is 3.56. The van der Waals surface area contributed by atoms with E-state index in [1.807, 2.05) is 25.1 Å². The molecule has 1 saturated heterocycles. The first kappa shape index (κ1) is 24.7. The number of carbonyl (C=O) groups is 1. The van der Waals surface area contributed by atoms with Crippen molar-refractivity contribution in [3.8, 4) is 6.01 Å². The van der Waals surface area contributed by atoms with Crippen molar-refractivity contribution in [2.24, 2.45) is 0 Å². The first-order chi connectivity index (χ1) is 15.7. The maximum atomic E-state index is 11.3. The number of ether oxygens (including phenoxy) is 2. The quantitative estimate of drug-likeness (QED) is 0.491. The zero-order valence-electron chi connectivity index (χ0n) is 19.7. The first-order valence-electron chi connectivity index (χ1n) is 11.2. The molecule has 0 spiro atoms. The molecule has 1 aromatic heterocycles. The van der Waals surface area contributed by atoms with Crippen LogP contribution in [0.3, 0.4) is 0 Å². The summed E-state index contributed by atoms with van der Waals surface area (Å²) >= 11 is 0. The highest BCUT2D eigenvalue weighted by atomic mass is 16.5. The lowest BCUT2D eigenvalue weighted by Gasteiger charge is -2.40. The van der Waals surface area contributed by atoms with Gasteiger partial charge >= 0.3 is 12.0 Å². The van der Waals surface area contributed by atoms with E-state index >= 15 is 0 Å². The molecule has 0 amide bonds. The molecule has 0 bridgehead atoms. The van der Waals surface area contributed by atoms with Gasteiger partial charge in [-0.05, 0) is 50.3 Å². The molecule has 1 aliphatic rings. The highest BCUT2D eigenvalue weighted by molar-refractivity contribution is 5.77. The molecule has 3 N–H and O–H groups in total. The monoisotopic (exact) mass is 458 g/mol. The number of aromatic nitrogens is 2. The molecule has 33 heavy (non-hydrogen) atoms. The highest BCUT2D eigenvalue weighted by Gasteiger charge is 2.29. The van der Waals surface area contributed by atoms with Crippen molar-refractivity contribution in [2.45, 2.75) is 57.6 Å². The lowest BCUT2D eigenvalue weighted by Crippen LogP contribution is -2.47. The van der Waals surface area contributed by atoms with Gasteiger partial charge in [-0.25, -0.2) is 9.97 Å². The topological polar surface area (TPSA) is 117 Å². The number of benzene rings is 1. The van der Waals surface area contributed by atoms with Crippen LogP contribution in [0.5, 0.6) is 6.01 Å². The van der Waals surface area contributed by atoms with E-state index in [9.17, 15) is 15.0 Å². The van der Waals surface area contributed by atoms with Crippen LogP contribution in [0.2, 0.25) is 0 Å². The van der Waals surface area contributed by atoms with E-state index in [1.165, 1.54) is 7.11 Å². The summed E-state index contributed by atoms with van der Waals surface area (Å²) in [5.41, 5.74) is 2.40. The van der Waals surface area contributed by atoms with E-state index < -0.39 is 11.6 Å². The van der Waals surface area contributed by atoms with E-state index in [-0.39, 0.29) is 24.4 Å². The Morgan fingerprint density at radius 3 is 2.55 bits per heavy atom. The number of nitrogens with one attached hydrogen (secondary N) is 1. The summed E-state index contributed by atoms with van der Waals surface area (Å²) in [6, 6.07) is 6.43. The number of nitrogens with zero attached hydrogens (tertiary/aromatic N) is 3. The second-order valence-electron chi connectivity index (χ2n) is 9.14. The predicted molar refractivity (Wildman–Crippen MR) is 126 cm³/mol. The molecule has 0 saturated carbocycles. The average Bonchev–Trinajstić information content (AvgIpc) is 2.78. The van der Waals surface area contributed by atoms with E-state index in [0.717, 1.165) is 29.8 Å². The molecular weight excluding hydrogens is 424 g/mol. The van der Waals surface area contributed by atoms with Crippen LogP contribution in [-0.4, -0.2) is 64.7 Å². The van der Waals surface area contributed by atoms with Gasteiger partial charge in [-0.1, -0.05) is 13.0 Å². The molecule has 2 heterocycles. The number of aliphatic hydroxyl groups is 1. The SMILES string of the molecule is COc1ncc(Nc2cc(C(C)CC(=O)O)ccc2N(CC(C)(C)O)C2CCOCC2)cn1. The van der Waals surface area contributed by atoms with Gasteiger partial charge in [-0.3, -0.25) is 4.79 Å². The summed E-state index contributed by atoms with van der Waals surface area (Å²) in [6.07, 6.45) is 5.03. The number of aliphatic carboxylic acids is 1. The Kier molecular flexibility index (Phi) is 8.10. The summed E-state index contributed by atoms with van der Waals surface area (Å²) in [6.45, 7) is 7.29. The first-order valence-corrected chi connectivity index (χ1v) is 11.2. The third-order valence-electron chi connectivity index (χ3n) is 5.66. The van der Waals surface area contributed by atoms with Crippen molar-refractivity contribution in [2.75, 3.05) is 37.1 Å². The minimum atomic E-state index is -0.909. The van der Waals surface area contributed by atoms with Gasteiger partial charge in [0.05, 0.1) is 48.6 Å². The van der Waals surface area contributed by atoms with Gasteiger partial charge in [-0.15, -0.1) is 0 Å². The number of rotatable bonds is 10. The van der Waals surface area contributed by atoms with Crippen molar-refractivity contribution in [3.05, 3.63) is 36.2 Å². The summed E-state index contributed by atoms with van der Waals surface area (Å²) in [5.74, 6) is -0.995. The fourth-order valence-electron chi connectivity index (χ4n) is 4.06. The fraction of sp³-hybridized carbons (Fsp3) is 0.542. The normalized spacial score (nSPS) is 15.7. The van der Waals surface area contributed by atoms with Gasteiger partial charge in [0, 0.05) is 25.8 Å². The van der Waals surface area contributed by atoms with Crippen LogP contribution >= 0.6 is 0 Å². The van der Waals surface area contributed by atoms with Crippen LogP contribution in [0.25, 0.3) is 0 Å². The second-order valence-corrected chi connectivity index (χ2v) is 9.14. The van der Waals surface area contributed by atoms with Gasteiger partial charge in [-0.2, -0.15) is 0 Å². The molecule has 1 unspecified atom stereocenters. The Hall–Kier alpha value is -2.91. The third kappa shape index (κ3) is 7.03. The average molecular weight is 459 g/mol. The van der Waals surface area contributed by atoms with Gasteiger partial charge in [0.1, 0.15) is 0 Å². The van der Waals surface area contributed by atoms with E-state index in [2.05, 4.69) is 20.2 Å². The van der Waals surface area contributed by atoms with Gasteiger partial charge in [0.2, 0.25) is 0 Å². The molecule has 1 aliphatic heterocycles. The molecule has 0 radical (unpaired) electrons. The Balaban J connectivity index is 2.02. The van der Waals surface area contributed by atoms with Gasteiger partial charge < -0.3 is 29.9 Å². The number of methoxy groups -OCH3 is 1. The molecule has 0 aliphatic carbocycles. The Labute approximate surface area is 194 Å². The second kappa shape index (κ2) is 10.8. The number of carboxylic acids is 1. The molecule has 9 heteroatoms. The number of hydrogen-bond acceptors (Lipinski definition) is 8. The molecule has 2 aromatic rings. The van der Waals surface area contributed by atoms with Crippen LogP contribution in [0.4, 0.5) is 17.1 Å². The largest absolute Gasteiger partial charge is 0.481 e. The molecule has 1 fully saturated rings. The van der Waals surface area contributed by atoms with Crippen LogP contribution in [0, 0.1) is 0 Å². The van der Waals surface area contributed by atoms with E-state index in [0.29, 0.717) is 25.4 Å². The molecule has 180 valence electrons. The minimum absolute atomic E-state index is 0.0395. The lowest BCUT2D eigenvalue weighted by molar-refractivity contribution is -0.137. The van der Waals surface area contributed by atoms with Gasteiger partial charge in [0.25, 0.3) is 0 Å². The summed E-state index contributed by atoms with van der Waals surface area (Å²) in [4.78, 5) is 21.8. The van der Waals surface area contributed by atoms with Gasteiger partial charge in [0.15, 0.2) is 0 Å². The Morgan fingerprint density at radius 2 is 1.97 bits per heavy atom. The summed E-state index contributed by atoms with van der Waals surface area (Å²) < 4.78 is 10.6. The van der Waals surface area contributed by atoms with Crippen molar-refractivity contribution in [1.82, 2.24) is 9.97 Å². The fourth-order valence-corrected chi connectivity index (χ4v) is 4.06. The lowest BCUT2D eigenvalue weighted by atomic mass is 9.95. The zero-order chi connectivity index (χ0) is 24.0.